The van der Waals surface area contributed by atoms with Gasteiger partial charge in [0.1, 0.15) is 13.2 Å². The molecule has 6 heteroatoms. The molecular formula is C68H120O6. The van der Waals surface area contributed by atoms with Crippen molar-refractivity contribution in [2.24, 2.45) is 0 Å². The summed E-state index contributed by atoms with van der Waals surface area (Å²) in [7, 11) is 0. The second-order valence-electron chi connectivity index (χ2n) is 21.3. The first-order valence-corrected chi connectivity index (χ1v) is 31.9. The molecule has 6 nitrogen and oxygen atoms in total. The van der Waals surface area contributed by atoms with E-state index in [-0.39, 0.29) is 31.1 Å². The third-order valence-corrected chi connectivity index (χ3v) is 13.9. The van der Waals surface area contributed by atoms with Crippen LogP contribution in [-0.4, -0.2) is 37.2 Å². The largest absolute Gasteiger partial charge is 0.462 e. The summed E-state index contributed by atoms with van der Waals surface area (Å²) in [5.41, 5.74) is 0. The monoisotopic (exact) mass is 1030 g/mol. The minimum Gasteiger partial charge on any atom is -0.462 e. The molecule has 0 aliphatic heterocycles. The van der Waals surface area contributed by atoms with Gasteiger partial charge in [0, 0.05) is 19.3 Å². The highest BCUT2D eigenvalue weighted by atomic mass is 16.6. The molecule has 428 valence electrons. The van der Waals surface area contributed by atoms with E-state index in [2.05, 4.69) is 93.7 Å². The Morgan fingerprint density at radius 1 is 0.270 bits per heavy atom. The average molecular weight is 1030 g/mol. The molecule has 0 rings (SSSR count). The number of rotatable bonds is 58. The van der Waals surface area contributed by atoms with Crippen LogP contribution in [0.4, 0.5) is 0 Å². The van der Waals surface area contributed by atoms with E-state index in [4.69, 9.17) is 14.2 Å². The van der Waals surface area contributed by atoms with Crippen LogP contribution in [0, 0.1) is 0 Å². The Morgan fingerprint density at radius 3 is 0.811 bits per heavy atom. The molecular weight excluding hydrogens is 913 g/mol. The molecule has 0 fully saturated rings. The number of hydrogen-bond donors (Lipinski definition) is 0. The molecule has 0 spiro atoms. The number of hydrogen-bond acceptors (Lipinski definition) is 6. The fourth-order valence-electron chi connectivity index (χ4n) is 9.04. The van der Waals surface area contributed by atoms with E-state index in [0.29, 0.717) is 19.3 Å². The van der Waals surface area contributed by atoms with Crippen molar-refractivity contribution in [3.05, 3.63) is 72.9 Å². The van der Waals surface area contributed by atoms with Crippen LogP contribution < -0.4 is 0 Å². The van der Waals surface area contributed by atoms with E-state index in [1.54, 1.807) is 0 Å². The topological polar surface area (TPSA) is 78.9 Å². The Labute approximate surface area is 459 Å². The Hall–Kier alpha value is -3.15. The van der Waals surface area contributed by atoms with Gasteiger partial charge < -0.3 is 14.2 Å². The van der Waals surface area contributed by atoms with Gasteiger partial charge in [-0.1, -0.05) is 273 Å². The minimum absolute atomic E-state index is 0.0817. The third-order valence-electron chi connectivity index (χ3n) is 13.9. The summed E-state index contributed by atoms with van der Waals surface area (Å²) in [6.45, 7) is 6.55. The normalized spacial score (nSPS) is 12.5. The van der Waals surface area contributed by atoms with E-state index < -0.39 is 6.10 Å². The van der Waals surface area contributed by atoms with Crippen LogP contribution in [0.2, 0.25) is 0 Å². The molecule has 0 aromatic rings. The maximum Gasteiger partial charge on any atom is 0.306 e. The van der Waals surface area contributed by atoms with E-state index >= 15 is 0 Å². The lowest BCUT2D eigenvalue weighted by atomic mass is 10.0. The highest BCUT2D eigenvalue weighted by Gasteiger charge is 2.19. The van der Waals surface area contributed by atoms with Crippen molar-refractivity contribution in [3.63, 3.8) is 0 Å². The first-order chi connectivity index (χ1) is 36.5. The van der Waals surface area contributed by atoms with Crippen molar-refractivity contribution >= 4 is 17.9 Å². The number of carbonyl (C=O) groups is 3. The van der Waals surface area contributed by atoms with Crippen molar-refractivity contribution in [3.8, 4) is 0 Å². The molecule has 74 heavy (non-hydrogen) atoms. The van der Waals surface area contributed by atoms with Crippen molar-refractivity contribution in [2.75, 3.05) is 13.2 Å². The second kappa shape index (κ2) is 62.4. The molecule has 0 aromatic carbocycles. The van der Waals surface area contributed by atoms with Gasteiger partial charge in [-0.3, -0.25) is 14.4 Å². The lowest BCUT2D eigenvalue weighted by molar-refractivity contribution is -0.167. The first kappa shape index (κ1) is 70.8. The summed E-state index contributed by atoms with van der Waals surface area (Å²) >= 11 is 0. The van der Waals surface area contributed by atoms with Crippen molar-refractivity contribution in [1.29, 1.82) is 0 Å². The van der Waals surface area contributed by atoms with E-state index in [1.807, 2.05) is 0 Å². The summed E-state index contributed by atoms with van der Waals surface area (Å²) < 4.78 is 16.9. The van der Waals surface area contributed by atoms with Crippen LogP contribution in [0.5, 0.6) is 0 Å². The molecule has 1 unspecified atom stereocenters. The van der Waals surface area contributed by atoms with Crippen LogP contribution >= 0.6 is 0 Å². The summed E-state index contributed by atoms with van der Waals surface area (Å²) in [6, 6.07) is 0. The second-order valence-corrected chi connectivity index (χ2v) is 21.3. The maximum absolute atomic E-state index is 12.8. The van der Waals surface area contributed by atoms with E-state index in [1.165, 1.54) is 180 Å². The molecule has 0 heterocycles. The Balaban J connectivity index is 4.13. The smallest absolute Gasteiger partial charge is 0.306 e. The zero-order chi connectivity index (χ0) is 53.6. The van der Waals surface area contributed by atoms with Crippen LogP contribution in [-0.2, 0) is 28.6 Å². The van der Waals surface area contributed by atoms with Crippen molar-refractivity contribution < 1.29 is 28.6 Å². The summed E-state index contributed by atoms with van der Waals surface area (Å²) in [5, 5.41) is 0. The predicted octanol–water partition coefficient (Wildman–Crippen LogP) is 21.7. The minimum atomic E-state index is -0.785. The molecule has 0 saturated carbocycles. The number of esters is 3. The number of unbranched alkanes of at least 4 members (excludes halogenated alkanes) is 35. The van der Waals surface area contributed by atoms with Gasteiger partial charge in [-0.05, 0) is 103 Å². The SMILES string of the molecule is CCCC/C=C\C/C=C\CCCCCCCC(=O)OC(COC(=O)CCCCCCC/C=C\CCCC)COC(=O)CCCCCCCCCCCCCCCCCC/C=C\C/C=C\C/C=C\CCCCCCC. The molecule has 0 aliphatic rings. The highest BCUT2D eigenvalue weighted by Crippen LogP contribution is 2.16. The lowest BCUT2D eigenvalue weighted by Gasteiger charge is -2.18. The quantitative estimate of drug-likeness (QED) is 0.0261. The molecule has 0 aromatic heterocycles. The average Bonchev–Trinajstić information content (AvgIpc) is 3.40. The number of allylic oxidation sites excluding steroid dienone is 12. The molecule has 0 amide bonds. The van der Waals surface area contributed by atoms with Gasteiger partial charge in [0.15, 0.2) is 6.10 Å². The zero-order valence-electron chi connectivity index (χ0n) is 49.1. The Morgan fingerprint density at radius 2 is 0.500 bits per heavy atom. The van der Waals surface area contributed by atoms with E-state index in [0.717, 1.165) is 103 Å². The van der Waals surface area contributed by atoms with Gasteiger partial charge in [0.25, 0.3) is 0 Å². The Bertz CT molecular complexity index is 1370. The molecule has 0 radical (unpaired) electrons. The third kappa shape index (κ3) is 59.7. The molecule has 0 N–H and O–H groups in total. The van der Waals surface area contributed by atoms with Gasteiger partial charge in [-0.2, -0.15) is 0 Å². The highest BCUT2D eigenvalue weighted by molar-refractivity contribution is 5.71. The van der Waals surface area contributed by atoms with Crippen LogP contribution in [0.15, 0.2) is 72.9 Å². The standard InChI is InChI=1S/C68H120O6/c1-4-7-10-13-16-19-22-24-26-27-28-29-30-31-32-33-34-35-36-37-38-39-40-41-42-44-46-49-52-55-58-61-67(70)73-64-65(63-72-66(69)60-57-54-51-48-45-21-18-15-12-9-6-3)74-68(71)62-59-56-53-50-47-43-25-23-20-17-14-11-8-5-2/h14-15,17-18,22-25,27-28,30-31,65H,4-13,16,19-21,26,29,32-64H2,1-3H3/b17-14-,18-15-,24-22-,25-23-,28-27-,31-30-. The summed E-state index contributed by atoms with van der Waals surface area (Å²) in [4.78, 5) is 38.1. The summed E-state index contributed by atoms with van der Waals surface area (Å²) in [5.74, 6) is -0.896. The first-order valence-electron chi connectivity index (χ1n) is 31.9. The zero-order valence-corrected chi connectivity index (χ0v) is 49.1. The van der Waals surface area contributed by atoms with Gasteiger partial charge >= 0.3 is 17.9 Å². The number of ether oxygens (including phenoxy) is 3. The van der Waals surface area contributed by atoms with Gasteiger partial charge in [0.05, 0.1) is 0 Å². The maximum atomic E-state index is 12.8. The van der Waals surface area contributed by atoms with Crippen LogP contribution in [0.3, 0.4) is 0 Å². The van der Waals surface area contributed by atoms with Crippen LogP contribution in [0.25, 0.3) is 0 Å². The lowest BCUT2D eigenvalue weighted by Crippen LogP contribution is -2.30. The van der Waals surface area contributed by atoms with Gasteiger partial charge in [0.2, 0.25) is 0 Å². The van der Waals surface area contributed by atoms with E-state index in [9.17, 15) is 14.4 Å². The number of carbonyl (C=O) groups excluding carboxylic acids is 3. The Kier molecular flexibility index (Phi) is 59.7. The van der Waals surface area contributed by atoms with Crippen LogP contribution in [0.1, 0.15) is 323 Å². The molecule has 0 aliphatic carbocycles. The van der Waals surface area contributed by atoms with Crippen molar-refractivity contribution in [1.82, 2.24) is 0 Å². The fraction of sp³-hybridized carbons (Fsp3) is 0.779. The fourth-order valence-corrected chi connectivity index (χ4v) is 9.04. The molecule has 0 bridgehead atoms. The summed E-state index contributed by atoms with van der Waals surface area (Å²) in [6.07, 6.45) is 80.7. The molecule has 0 saturated heterocycles. The molecule has 1 atom stereocenters. The van der Waals surface area contributed by atoms with Crippen molar-refractivity contribution in [2.45, 2.75) is 329 Å². The van der Waals surface area contributed by atoms with Gasteiger partial charge in [-0.15, -0.1) is 0 Å². The van der Waals surface area contributed by atoms with Gasteiger partial charge in [-0.25, -0.2) is 0 Å². The predicted molar refractivity (Wildman–Crippen MR) is 321 cm³/mol.